The van der Waals surface area contributed by atoms with Gasteiger partial charge in [0, 0.05) is 19.8 Å². The van der Waals surface area contributed by atoms with Crippen LogP contribution in [0.5, 0.6) is 0 Å². The highest BCUT2D eigenvalue weighted by atomic mass is 15.1. The van der Waals surface area contributed by atoms with Crippen LogP contribution in [0, 0.1) is 0 Å². The van der Waals surface area contributed by atoms with E-state index in [0.29, 0.717) is 0 Å². The van der Waals surface area contributed by atoms with E-state index in [4.69, 9.17) is 0 Å². The van der Waals surface area contributed by atoms with Gasteiger partial charge in [-0.15, -0.1) is 0 Å². The van der Waals surface area contributed by atoms with Crippen LogP contribution in [0.4, 0.5) is 0 Å². The average molecular weight is 135 g/mol. The molecule has 0 saturated carbocycles. The normalized spacial score (nSPS) is 17.0. The summed E-state index contributed by atoms with van der Waals surface area (Å²) < 4.78 is 0. The van der Waals surface area contributed by atoms with E-state index in [1.165, 1.54) is 11.3 Å². The fourth-order valence-corrected chi connectivity index (χ4v) is 0.907. The molecule has 0 N–H and O–H groups in total. The fraction of sp³-hybridized carbons (Fsp3) is 0.333. The molecule has 0 aromatic heterocycles. The lowest BCUT2D eigenvalue weighted by Crippen LogP contribution is -2.10. The van der Waals surface area contributed by atoms with E-state index in [1.54, 1.807) is 0 Å². The first-order valence-corrected chi connectivity index (χ1v) is 3.43. The second kappa shape index (κ2) is 2.74. The van der Waals surface area contributed by atoms with Gasteiger partial charge in [0.1, 0.15) is 0 Å². The van der Waals surface area contributed by atoms with Gasteiger partial charge in [-0.2, -0.15) is 0 Å². The molecule has 0 aliphatic heterocycles. The van der Waals surface area contributed by atoms with E-state index in [2.05, 4.69) is 29.7 Å². The molecule has 0 atom stereocenters. The Hall–Kier alpha value is -0.980. The molecule has 1 aliphatic carbocycles. The standard InChI is InChI=1S/C9H13N/c1-8-4-6-9(7-5-8)10(2)3/h4,6-7H,1,5H2,2-3H3. The summed E-state index contributed by atoms with van der Waals surface area (Å²) in [6.45, 7) is 3.86. The third kappa shape index (κ3) is 1.50. The Kier molecular flexibility index (Phi) is 1.95. The fourth-order valence-electron chi connectivity index (χ4n) is 0.907. The van der Waals surface area contributed by atoms with Crippen LogP contribution in [0.1, 0.15) is 6.42 Å². The third-order valence-corrected chi connectivity index (χ3v) is 1.58. The zero-order valence-electron chi connectivity index (χ0n) is 6.59. The quantitative estimate of drug-likeness (QED) is 0.531. The molecule has 0 radical (unpaired) electrons. The van der Waals surface area contributed by atoms with Gasteiger partial charge in [-0.3, -0.25) is 0 Å². The van der Waals surface area contributed by atoms with Crippen molar-refractivity contribution in [2.75, 3.05) is 14.1 Å². The molecule has 1 rings (SSSR count). The number of hydrogen-bond donors (Lipinski definition) is 0. The maximum atomic E-state index is 3.86. The van der Waals surface area contributed by atoms with Crippen molar-refractivity contribution in [1.82, 2.24) is 4.90 Å². The summed E-state index contributed by atoms with van der Waals surface area (Å²) in [5.41, 5.74) is 2.46. The Morgan fingerprint density at radius 2 is 2.10 bits per heavy atom. The van der Waals surface area contributed by atoms with Crippen LogP contribution in [0.15, 0.2) is 36.1 Å². The maximum Gasteiger partial charge on any atom is 0.0323 e. The van der Waals surface area contributed by atoms with Gasteiger partial charge in [-0.25, -0.2) is 0 Å². The molecule has 0 saturated heterocycles. The average Bonchev–Trinajstić information content (AvgIpc) is 1.88. The Bertz CT molecular complexity index is 197. The van der Waals surface area contributed by atoms with Crippen LogP contribution in [0.25, 0.3) is 0 Å². The van der Waals surface area contributed by atoms with Crippen LogP contribution in [0.2, 0.25) is 0 Å². The Morgan fingerprint density at radius 1 is 1.40 bits per heavy atom. The van der Waals surface area contributed by atoms with Crippen molar-refractivity contribution in [3.63, 3.8) is 0 Å². The molecule has 0 heterocycles. The summed E-state index contributed by atoms with van der Waals surface area (Å²) in [6.07, 6.45) is 7.33. The Morgan fingerprint density at radius 3 is 2.50 bits per heavy atom. The predicted octanol–water partition coefficient (Wildman–Crippen LogP) is 1.95. The molecule has 0 unspecified atom stereocenters. The molecule has 1 aliphatic rings. The van der Waals surface area contributed by atoms with Gasteiger partial charge in [0.2, 0.25) is 0 Å². The van der Waals surface area contributed by atoms with Gasteiger partial charge in [0.05, 0.1) is 0 Å². The first-order valence-electron chi connectivity index (χ1n) is 3.43. The van der Waals surface area contributed by atoms with E-state index in [-0.39, 0.29) is 0 Å². The lowest BCUT2D eigenvalue weighted by Gasteiger charge is -2.16. The topological polar surface area (TPSA) is 3.24 Å². The van der Waals surface area contributed by atoms with E-state index in [9.17, 15) is 0 Å². The first kappa shape index (κ1) is 7.13. The van der Waals surface area contributed by atoms with Crippen molar-refractivity contribution in [3.8, 4) is 0 Å². The lowest BCUT2D eigenvalue weighted by molar-refractivity contribution is 0.526. The molecule has 0 bridgehead atoms. The highest BCUT2D eigenvalue weighted by molar-refractivity contribution is 5.32. The maximum absolute atomic E-state index is 3.86. The van der Waals surface area contributed by atoms with Crippen molar-refractivity contribution in [1.29, 1.82) is 0 Å². The molecule has 1 nitrogen and oxygen atoms in total. The number of hydrogen-bond acceptors (Lipinski definition) is 1. The van der Waals surface area contributed by atoms with Crippen LogP contribution in [0.3, 0.4) is 0 Å². The summed E-state index contributed by atoms with van der Waals surface area (Å²) in [4.78, 5) is 2.10. The minimum Gasteiger partial charge on any atom is -0.378 e. The van der Waals surface area contributed by atoms with Gasteiger partial charge >= 0.3 is 0 Å². The minimum absolute atomic E-state index is 0.990. The molecule has 0 aromatic carbocycles. The zero-order chi connectivity index (χ0) is 7.56. The van der Waals surface area contributed by atoms with E-state index in [1.807, 2.05) is 14.1 Å². The molecule has 0 fully saturated rings. The van der Waals surface area contributed by atoms with Crippen LogP contribution < -0.4 is 0 Å². The lowest BCUT2D eigenvalue weighted by atomic mass is 10.1. The number of likely N-dealkylation sites (N-methyl/N-ethyl adjacent to an activating group) is 1. The molecule has 0 amide bonds. The van der Waals surface area contributed by atoms with Crippen molar-refractivity contribution in [2.45, 2.75) is 6.42 Å². The van der Waals surface area contributed by atoms with Gasteiger partial charge in [0.25, 0.3) is 0 Å². The number of nitrogens with zero attached hydrogens (tertiary/aromatic N) is 1. The zero-order valence-corrected chi connectivity index (χ0v) is 6.59. The van der Waals surface area contributed by atoms with Crippen molar-refractivity contribution < 1.29 is 0 Å². The summed E-state index contributed by atoms with van der Waals surface area (Å²) >= 11 is 0. The SMILES string of the molecule is C=C1C=CC(N(C)C)=CC1. The van der Waals surface area contributed by atoms with Gasteiger partial charge in [0.15, 0.2) is 0 Å². The van der Waals surface area contributed by atoms with Gasteiger partial charge in [-0.1, -0.05) is 24.3 Å². The number of allylic oxidation sites excluding steroid dienone is 4. The van der Waals surface area contributed by atoms with Crippen LogP contribution in [-0.4, -0.2) is 19.0 Å². The highest BCUT2D eigenvalue weighted by Gasteiger charge is 1.99. The van der Waals surface area contributed by atoms with E-state index >= 15 is 0 Å². The third-order valence-electron chi connectivity index (χ3n) is 1.58. The second-order valence-corrected chi connectivity index (χ2v) is 2.72. The smallest absolute Gasteiger partial charge is 0.0323 e. The first-order chi connectivity index (χ1) is 4.70. The summed E-state index contributed by atoms with van der Waals surface area (Å²) in [5, 5.41) is 0. The van der Waals surface area contributed by atoms with Gasteiger partial charge < -0.3 is 4.90 Å². The number of rotatable bonds is 1. The van der Waals surface area contributed by atoms with Crippen LogP contribution in [-0.2, 0) is 0 Å². The minimum atomic E-state index is 0.990. The Labute approximate surface area is 62.3 Å². The molecular weight excluding hydrogens is 122 g/mol. The largest absolute Gasteiger partial charge is 0.378 e. The predicted molar refractivity (Wildman–Crippen MR) is 44.7 cm³/mol. The molecule has 1 heteroatoms. The second-order valence-electron chi connectivity index (χ2n) is 2.72. The molecule has 10 heavy (non-hydrogen) atoms. The molecule has 0 aromatic rings. The molecule has 0 spiro atoms. The highest BCUT2D eigenvalue weighted by Crippen LogP contribution is 2.14. The summed E-state index contributed by atoms with van der Waals surface area (Å²) in [5.74, 6) is 0. The van der Waals surface area contributed by atoms with Crippen molar-refractivity contribution >= 4 is 0 Å². The van der Waals surface area contributed by atoms with E-state index < -0.39 is 0 Å². The monoisotopic (exact) mass is 135 g/mol. The van der Waals surface area contributed by atoms with Crippen molar-refractivity contribution in [2.24, 2.45) is 0 Å². The Balaban J connectivity index is 2.67. The summed E-state index contributed by atoms with van der Waals surface area (Å²) in [6, 6.07) is 0. The molecule has 54 valence electrons. The van der Waals surface area contributed by atoms with Gasteiger partial charge in [-0.05, 0) is 12.5 Å². The molecular formula is C9H13N. The van der Waals surface area contributed by atoms with Crippen molar-refractivity contribution in [3.05, 3.63) is 36.1 Å². The van der Waals surface area contributed by atoms with Crippen LogP contribution >= 0.6 is 0 Å². The summed E-state index contributed by atoms with van der Waals surface area (Å²) in [7, 11) is 4.09. The van der Waals surface area contributed by atoms with E-state index in [0.717, 1.165) is 6.42 Å².